The molecule has 3 heterocycles. The topological polar surface area (TPSA) is 90.0 Å². The molecule has 0 aliphatic carbocycles. The van der Waals surface area contributed by atoms with Crippen LogP contribution < -0.4 is 4.72 Å². The van der Waals surface area contributed by atoms with Crippen molar-refractivity contribution in [2.24, 2.45) is 0 Å². The van der Waals surface area contributed by atoms with Gasteiger partial charge in [0.2, 0.25) is 10.0 Å². The number of nitrogens with one attached hydrogen (secondary N) is 1. The van der Waals surface area contributed by atoms with Gasteiger partial charge >= 0.3 is 0 Å². The Morgan fingerprint density at radius 1 is 1.04 bits per heavy atom. The van der Waals surface area contributed by atoms with Crippen molar-refractivity contribution < 1.29 is 12.8 Å². The van der Waals surface area contributed by atoms with E-state index in [9.17, 15) is 8.42 Å². The van der Waals surface area contributed by atoms with Gasteiger partial charge in [-0.1, -0.05) is 0 Å². The van der Waals surface area contributed by atoms with Crippen molar-refractivity contribution >= 4 is 10.0 Å². The third-order valence-electron chi connectivity index (χ3n) is 3.98. The highest BCUT2D eigenvalue weighted by Gasteiger charge is 2.14. The quantitative estimate of drug-likeness (QED) is 0.555. The largest absolute Gasteiger partial charge is 0.463 e. The van der Waals surface area contributed by atoms with Gasteiger partial charge in [0.25, 0.3) is 0 Å². The third-order valence-corrected chi connectivity index (χ3v) is 5.40. The van der Waals surface area contributed by atoms with Crippen LogP contribution in [0.15, 0.2) is 88.8 Å². The van der Waals surface area contributed by atoms with Crippen molar-refractivity contribution in [1.29, 1.82) is 0 Å². The van der Waals surface area contributed by atoms with Crippen LogP contribution in [0.5, 0.6) is 0 Å². The molecular weight excluding hydrogens is 364 g/mol. The van der Waals surface area contributed by atoms with Gasteiger partial charge in [-0.05, 0) is 60.2 Å². The van der Waals surface area contributed by atoms with Gasteiger partial charge in [-0.15, -0.1) is 0 Å². The van der Waals surface area contributed by atoms with Crippen LogP contribution >= 0.6 is 0 Å². The van der Waals surface area contributed by atoms with E-state index < -0.39 is 10.0 Å². The molecule has 1 N–H and O–H groups in total. The van der Waals surface area contributed by atoms with E-state index in [2.05, 4.69) is 14.8 Å². The average Bonchev–Trinajstić information content (AvgIpc) is 3.41. The Kier molecular flexibility index (Phi) is 4.57. The Labute approximate surface area is 156 Å². The van der Waals surface area contributed by atoms with Gasteiger partial charge < -0.3 is 4.42 Å². The molecule has 7 nitrogen and oxygen atoms in total. The molecule has 0 aliphatic rings. The van der Waals surface area contributed by atoms with E-state index >= 15 is 0 Å². The molecule has 136 valence electrons. The van der Waals surface area contributed by atoms with Crippen LogP contribution in [0, 0.1) is 0 Å². The number of nitrogens with zero attached hydrogens (tertiary/aromatic N) is 3. The monoisotopic (exact) mass is 380 g/mol. The van der Waals surface area contributed by atoms with Crippen LogP contribution in [0.1, 0.15) is 5.56 Å². The summed E-state index contributed by atoms with van der Waals surface area (Å²) in [7, 11) is -3.63. The number of aromatic nitrogens is 3. The van der Waals surface area contributed by atoms with Crippen molar-refractivity contribution in [3.63, 3.8) is 0 Å². The molecule has 8 heteroatoms. The van der Waals surface area contributed by atoms with Gasteiger partial charge in [-0.2, -0.15) is 5.10 Å². The number of benzene rings is 1. The van der Waals surface area contributed by atoms with Crippen LogP contribution in [0.3, 0.4) is 0 Å². The maximum absolute atomic E-state index is 12.5. The predicted molar refractivity (Wildman–Crippen MR) is 99.5 cm³/mol. The molecule has 0 spiro atoms. The second-order valence-corrected chi connectivity index (χ2v) is 7.56. The summed E-state index contributed by atoms with van der Waals surface area (Å²) in [6.07, 6.45) is 6.65. The Morgan fingerprint density at radius 3 is 2.59 bits per heavy atom. The first-order valence-electron chi connectivity index (χ1n) is 8.20. The zero-order chi connectivity index (χ0) is 18.7. The van der Waals surface area contributed by atoms with E-state index in [1.165, 1.54) is 0 Å². The summed E-state index contributed by atoms with van der Waals surface area (Å²) < 4.78 is 34.7. The first kappa shape index (κ1) is 17.2. The zero-order valence-electron chi connectivity index (χ0n) is 14.2. The van der Waals surface area contributed by atoms with Gasteiger partial charge in [0, 0.05) is 25.1 Å². The highest BCUT2D eigenvalue weighted by molar-refractivity contribution is 7.89. The fourth-order valence-corrected chi connectivity index (χ4v) is 3.62. The molecule has 27 heavy (non-hydrogen) atoms. The van der Waals surface area contributed by atoms with Crippen molar-refractivity contribution in [2.45, 2.75) is 11.4 Å². The Balaban J connectivity index is 1.48. The minimum atomic E-state index is -3.63. The van der Waals surface area contributed by atoms with E-state index in [0.717, 1.165) is 11.3 Å². The van der Waals surface area contributed by atoms with Crippen LogP contribution in [0.25, 0.3) is 17.1 Å². The molecule has 0 saturated heterocycles. The normalized spacial score (nSPS) is 11.6. The second kappa shape index (κ2) is 7.18. The average molecular weight is 380 g/mol. The fourth-order valence-electron chi connectivity index (χ4n) is 2.60. The summed E-state index contributed by atoms with van der Waals surface area (Å²) in [6.45, 7) is 0.152. The van der Waals surface area contributed by atoms with Crippen LogP contribution in [0.4, 0.5) is 0 Å². The first-order chi connectivity index (χ1) is 13.1. The molecule has 4 rings (SSSR count). The zero-order valence-corrected chi connectivity index (χ0v) is 15.0. The van der Waals surface area contributed by atoms with E-state index in [1.54, 1.807) is 84.1 Å². The molecule has 3 aromatic heterocycles. The van der Waals surface area contributed by atoms with Crippen LogP contribution in [0.2, 0.25) is 0 Å². The fraction of sp³-hybridized carbons (Fsp3) is 0.0526. The summed E-state index contributed by atoms with van der Waals surface area (Å²) in [5.41, 5.74) is 2.23. The molecule has 0 fully saturated rings. The van der Waals surface area contributed by atoms with Gasteiger partial charge in [-0.3, -0.25) is 4.98 Å². The number of furan rings is 1. The smallest absolute Gasteiger partial charge is 0.240 e. The first-order valence-corrected chi connectivity index (χ1v) is 9.69. The molecule has 0 unspecified atom stereocenters. The van der Waals surface area contributed by atoms with Crippen molar-refractivity contribution in [1.82, 2.24) is 19.5 Å². The van der Waals surface area contributed by atoms with E-state index in [1.807, 2.05) is 0 Å². The number of hydrogen-bond acceptors (Lipinski definition) is 5. The molecule has 4 aromatic rings. The van der Waals surface area contributed by atoms with E-state index in [0.29, 0.717) is 11.5 Å². The van der Waals surface area contributed by atoms with E-state index in [-0.39, 0.29) is 11.4 Å². The van der Waals surface area contributed by atoms with Gasteiger partial charge in [0.05, 0.1) is 16.8 Å². The van der Waals surface area contributed by atoms with Crippen molar-refractivity contribution in [2.75, 3.05) is 0 Å². The SMILES string of the molecule is O=S(=O)(NCc1ccnc(-c2ccco2)c1)c1ccc(-n2cccn2)cc1. The summed E-state index contributed by atoms with van der Waals surface area (Å²) in [5, 5.41) is 4.12. The number of sulfonamides is 1. The molecular formula is C19H16N4O3S. The van der Waals surface area contributed by atoms with Crippen molar-refractivity contribution in [3.05, 3.63) is 85.0 Å². The number of hydrogen-bond donors (Lipinski definition) is 1. The minimum Gasteiger partial charge on any atom is -0.463 e. The molecule has 0 aliphatic heterocycles. The lowest BCUT2D eigenvalue weighted by Gasteiger charge is -2.08. The summed E-state index contributed by atoms with van der Waals surface area (Å²) >= 11 is 0. The Bertz CT molecular complexity index is 1120. The third kappa shape index (κ3) is 3.81. The molecule has 0 bridgehead atoms. The summed E-state index contributed by atoms with van der Waals surface area (Å²) in [4.78, 5) is 4.43. The Hall–Kier alpha value is -3.23. The minimum absolute atomic E-state index is 0.152. The number of pyridine rings is 1. The van der Waals surface area contributed by atoms with Gasteiger partial charge in [0.1, 0.15) is 5.69 Å². The molecule has 0 amide bonds. The second-order valence-electron chi connectivity index (χ2n) is 5.80. The lowest BCUT2D eigenvalue weighted by atomic mass is 10.2. The van der Waals surface area contributed by atoms with Gasteiger partial charge in [-0.25, -0.2) is 17.8 Å². The number of rotatable bonds is 6. The highest BCUT2D eigenvalue weighted by Crippen LogP contribution is 2.19. The van der Waals surface area contributed by atoms with Crippen LogP contribution in [-0.2, 0) is 16.6 Å². The van der Waals surface area contributed by atoms with E-state index in [4.69, 9.17) is 4.42 Å². The van der Waals surface area contributed by atoms with Crippen LogP contribution in [-0.4, -0.2) is 23.2 Å². The lowest BCUT2D eigenvalue weighted by molar-refractivity contribution is 0.579. The van der Waals surface area contributed by atoms with Crippen molar-refractivity contribution in [3.8, 4) is 17.1 Å². The maximum atomic E-state index is 12.5. The standard InChI is InChI=1S/C19H16N4O3S/c24-27(25,17-6-4-16(5-7-17)23-11-2-9-21-23)22-14-15-8-10-20-18(13-15)19-3-1-12-26-19/h1-13,22H,14H2. The van der Waals surface area contributed by atoms with Gasteiger partial charge in [0.15, 0.2) is 5.76 Å². The summed E-state index contributed by atoms with van der Waals surface area (Å²) in [5.74, 6) is 0.633. The molecule has 0 radical (unpaired) electrons. The Morgan fingerprint density at radius 2 is 1.89 bits per heavy atom. The lowest BCUT2D eigenvalue weighted by Crippen LogP contribution is -2.23. The predicted octanol–water partition coefficient (Wildman–Crippen LogP) is 3.01. The molecule has 0 saturated carbocycles. The molecule has 0 atom stereocenters. The summed E-state index contributed by atoms with van der Waals surface area (Å²) in [6, 6.07) is 15.5. The maximum Gasteiger partial charge on any atom is 0.240 e. The molecule has 1 aromatic carbocycles. The highest BCUT2D eigenvalue weighted by atomic mass is 32.2.